The summed E-state index contributed by atoms with van der Waals surface area (Å²) in [6, 6.07) is 13.0. The predicted octanol–water partition coefficient (Wildman–Crippen LogP) is 2.15. The van der Waals surface area contributed by atoms with E-state index >= 15 is 0 Å². The average molecular weight is 360 g/mol. The number of benzene rings is 2. The van der Waals surface area contributed by atoms with Crippen molar-refractivity contribution < 1.29 is 19.1 Å². The average Bonchev–Trinajstić information content (AvgIpc) is 2.86. The molecule has 0 aliphatic heterocycles. The summed E-state index contributed by atoms with van der Waals surface area (Å²) >= 11 is 0. The van der Waals surface area contributed by atoms with Gasteiger partial charge in [0.25, 0.3) is 0 Å². The molecule has 25 heavy (non-hydrogen) atoms. The lowest BCUT2D eigenvalue weighted by Crippen LogP contribution is -2.52. The van der Waals surface area contributed by atoms with Crippen molar-refractivity contribution in [2.45, 2.75) is 25.2 Å². The molecule has 0 heterocycles. The molecule has 0 fully saturated rings. The zero-order valence-corrected chi connectivity index (χ0v) is 14.9. The molecule has 1 amide bonds. The smallest absolute Gasteiger partial charge is 0.331 e. The van der Waals surface area contributed by atoms with E-state index in [1.165, 1.54) is 0 Å². The van der Waals surface area contributed by atoms with Crippen molar-refractivity contribution in [2.75, 3.05) is 0 Å². The summed E-state index contributed by atoms with van der Waals surface area (Å²) in [5.74, 6) is -0.759. The van der Waals surface area contributed by atoms with Crippen molar-refractivity contribution >= 4 is 13.5 Å². The highest BCUT2D eigenvalue weighted by Gasteiger charge is 2.57. The van der Waals surface area contributed by atoms with Crippen molar-refractivity contribution in [2.24, 2.45) is 11.7 Å². The minimum Gasteiger partial charge on any atom is -0.331 e. The SMILES string of the molecule is CC(C)C(N)C(=O)NC1(P(=O)(O)O)c2ccccc2-c2ccccc21. The third kappa shape index (κ3) is 2.62. The van der Waals surface area contributed by atoms with E-state index in [1.54, 1.807) is 62.4 Å². The largest absolute Gasteiger partial charge is 0.360 e. The van der Waals surface area contributed by atoms with Crippen molar-refractivity contribution in [3.63, 3.8) is 0 Å². The Morgan fingerprint density at radius 2 is 1.48 bits per heavy atom. The minimum atomic E-state index is -4.82. The van der Waals surface area contributed by atoms with Gasteiger partial charge in [-0.25, -0.2) is 0 Å². The molecule has 0 saturated heterocycles. The molecule has 132 valence electrons. The monoisotopic (exact) mass is 360 g/mol. The van der Waals surface area contributed by atoms with Crippen molar-refractivity contribution in [1.29, 1.82) is 0 Å². The van der Waals surface area contributed by atoms with Crippen LogP contribution in [0.4, 0.5) is 0 Å². The first-order valence-electron chi connectivity index (χ1n) is 8.03. The van der Waals surface area contributed by atoms with E-state index in [0.717, 1.165) is 0 Å². The second-order valence-electron chi connectivity index (χ2n) is 6.60. The van der Waals surface area contributed by atoms with Gasteiger partial charge in [-0.3, -0.25) is 9.36 Å². The summed E-state index contributed by atoms with van der Waals surface area (Å²) in [6.45, 7) is 3.57. The summed E-state index contributed by atoms with van der Waals surface area (Å²) in [5, 5.41) is 0.672. The summed E-state index contributed by atoms with van der Waals surface area (Å²) in [7, 11) is -4.82. The molecule has 5 N–H and O–H groups in total. The third-order valence-corrected chi connectivity index (χ3v) is 6.15. The first-order valence-corrected chi connectivity index (χ1v) is 9.64. The molecule has 1 unspecified atom stereocenters. The van der Waals surface area contributed by atoms with Gasteiger partial charge in [0.05, 0.1) is 6.04 Å². The van der Waals surface area contributed by atoms with E-state index in [2.05, 4.69) is 5.32 Å². The maximum Gasteiger partial charge on any atom is 0.360 e. The Kier molecular flexibility index (Phi) is 4.33. The second kappa shape index (κ2) is 6.07. The number of nitrogens with two attached hydrogens (primary N) is 1. The molecule has 3 rings (SSSR count). The molecule has 1 aliphatic rings. The summed E-state index contributed by atoms with van der Waals surface area (Å²) < 4.78 is 12.6. The summed E-state index contributed by atoms with van der Waals surface area (Å²) in [5.41, 5.74) is 8.07. The third-order valence-electron chi connectivity index (χ3n) is 4.69. The van der Waals surface area contributed by atoms with Crippen LogP contribution < -0.4 is 11.1 Å². The number of carbonyl (C=O) groups is 1. The van der Waals surface area contributed by atoms with Gasteiger partial charge in [0.2, 0.25) is 5.91 Å². The Morgan fingerprint density at radius 3 is 1.88 bits per heavy atom. The molecule has 0 radical (unpaired) electrons. The minimum absolute atomic E-state index is 0.166. The molecule has 1 atom stereocenters. The van der Waals surface area contributed by atoms with Crippen LogP contribution in [-0.2, 0) is 14.6 Å². The standard InChI is InChI=1S/C18H21N2O4P/c1-11(2)16(19)17(21)20-18(25(22,23)24)14-9-5-3-7-12(14)13-8-4-6-10-15(13)18/h3-11,16H,19H2,1-2H3,(H,20,21)(H2,22,23,24). The molecular formula is C18H21N2O4P. The highest BCUT2D eigenvalue weighted by atomic mass is 31.2. The van der Waals surface area contributed by atoms with Gasteiger partial charge in [0.15, 0.2) is 5.28 Å². The van der Waals surface area contributed by atoms with Crippen LogP contribution in [0.25, 0.3) is 11.1 Å². The molecule has 6 nitrogen and oxygen atoms in total. The molecule has 1 aliphatic carbocycles. The molecule has 7 heteroatoms. The van der Waals surface area contributed by atoms with Crippen molar-refractivity contribution in [1.82, 2.24) is 5.32 Å². The van der Waals surface area contributed by atoms with Crippen LogP contribution in [0, 0.1) is 5.92 Å². The lowest BCUT2D eigenvalue weighted by molar-refractivity contribution is -0.124. The van der Waals surface area contributed by atoms with E-state index in [-0.39, 0.29) is 5.92 Å². The highest BCUT2D eigenvalue weighted by Crippen LogP contribution is 2.65. The molecule has 2 aromatic carbocycles. The number of amides is 1. The van der Waals surface area contributed by atoms with Crippen LogP contribution in [0.1, 0.15) is 25.0 Å². The zero-order chi connectivity index (χ0) is 18.4. The van der Waals surface area contributed by atoms with Gasteiger partial charge >= 0.3 is 7.60 Å². The van der Waals surface area contributed by atoms with Crippen LogP contribution in [0.2, 0.25) is 0 Å². The molecule has 0 aromatic heterocycles. The maximum atomic E-state index is 12.6. The Bertz CT molecular complexity index is 829. The molecule has 2 aromatic rings. The van der Waals surface area contributed by atoms with E-state index in [4.69, 9.17) is 5.73 Å². The first-order chi connectivity index (χ1) is 11.7. The molecular weight excluding hydrogens is 339 g/mol. The molecule has 0 saturated carbocycles. The fourth-order valence-electron chi connectivity index (χ4n) is 3.30. The Morgan fingerprint density at radius 1 is 1.04 bits per heavy atom. The fourth-order valence-corrected chi connectivity index (χ4v) is 4.57. The fraction of sp³-hybridized carbons (Fsp3) is 0.278. The van der Waals surface area contributed by atoms with E-state index < -0.39 is 24.8 Å². The number of hydrogen-bond donors (Lipinski definition) is 4. The quantitative estimate of drug-likeness (QED) is 0.624. The number of hydrogen-bond acceptors (Lipinski definition) is 3. The van der Waals surface area contributed by atoms with Gasteiger partial charge in [-0.2, -0.15) is 0 Å². The normalized spacial score (nSPS) is 16.2. The Hall–Kier alpha value is -1.98. The van der Waals surface area contributed by atoms with E-state index in [0.29, 0.717) is 22.3 Å². The van der Waals surface area contributed by atoms with Crippen molar-refractivity contribution in [3.8, 4) is 11.1 Å². The zero-order valence-electron chi connectivity index (χ0n) is 14.0. The van der Waals surface area contributed by atoms with Crippen LogP contribution in [0.5, 0.6) is 0 Å². The summed E-state index contributed by atoms with van der Waals surface area (Å²) in [4.78, 5) is 33.2. The molecule has 0 bridgehead atoms. The van der Waals surface area contributed by atoms with Crippen LogP contribution in [0.3, 0.4) is 0 Å². The van der Waals surface area contributed by atoms with Crippen molar-refractivity contribution in [3.05, 3.63) is 59.7 Å². The Balaban J connectivity index is 2.27. The number of fused-ring (bicyclic) bond motifs is 3. The van der Waals surface area contributed by atoms with E-state index in [9.17, 15) is 19.1 Å². The van der Waals surface area contributed by atoms with Crippen LogP contribution in [-0.4, -0.2) is 21.7 Å². The van der Waals surface area contributed by atoms with Gasteiger partial charge in [-0.15, -0.1) is 0 Å². The van der Waals surface area contributed by atoms with Gasteiger partial charge < -0.3 is 20.8 Å². The van der Waals surface area contributed by atoms with Gasteiger partial charge in [0.1, 0.15) is 0 Å². The van der Waals surface area contributed by atoms with Gasteiger partial charge in [-0.05, 0) is 17.0 Å². The predicted molar refractivity (Wildman–Crippen MR) is 95.7 cm³/mol. The lowest BCUT2D eigenvalue weighted by Gasteiger charge is -2.34. The Labute approximate surface area is 146 Å². The lowest BCUT2D eigenvalue weighted by atomic mass is 10.0. The number of nitrogens with one attached hydrogen (secondary N) is 1. The molecule has 0 spiro atoms. The van der Waals surface area contributed by atoms with Crippen LogP contribution >= 0.6 is 7.60 Å². The topological polar surface area (TPSA) is 113 Å². The summed E-state index contributed by atoms with van der Waals surface area (Å²) in [6.07, 6.45) is 0. The van der Waals surface area contributed by atoms with Crippen LogP contribution in [0.15, 0.2) is 48.5 Å². The van der Waals surface area contributed by atoms with Gasteiger partial charge in [-0.1, -0.05) is 62.4 Å². The first kappa shape index (κ1) is 17.8. The van der Waals surface area contributed by atoms with E-state index in [1.807, 2.05) is 0 Å². The second-order valence-corrected chi connectivity index (χ2v) is 8.36. The number of carbonyl (C=O) groups excluding carboxylic acids is 1. The number of rotatable bonds is 4. The van der Waals surface area contributed by atoms with Gasteiger partial charge in [0, 0.05) is 11.1 Å². The highest BCUT2D eigenvalue weighted by molar-refractivity contribution is 7.53. The maximum absolute atomic E-state index is 12.6.